The Morgan fingerprint density at radius 1 is 1.04 bits per heavy atom. The standard InChI is InChI=1S/C17H18O3.C2H4O.H3P/c1-13-3-5-14(6-4-13)9-10-20-16-8-7-15(12-18)17(11-16)19-2;1-2-3;/h3-8,11-12H,9-10H2,1-2H3;2H,1H3;1H3. The van der Waals surface area contributed by atoms with E-state index in [9.17, 15) is 4.79 Å². The summed E-state index contributed by atoms with van der Waals surface area (Å²) in [6, 6.07) is 13.6. The van der Waals surface area contributed by atoms with E-state index >= 15 is 0 Å². The summed E-state index contributed by atoms with van der Waals surface area (Å²) >= 11 is 0. The minimum atomic E-state index is 0. The van der Waals surface area contributed by atoms with E-state index in [1.807, 2.05) is 0 Å². The summed E-state index contributed by atoms with van der Waals surface area (Å²) in [4.78, 5) is 19.6. The number of rotatable bonds is 6. The fourth-order valence-corrected chi connectivity index (χ4v) is 1.92. The molecule has 0 aliphatic heterocycles. The topological polar surface area (TPSA) is 52.6 Å². The first kappa shape index (κ1) is 21.8. The summed E-state index contributed by atoms with van der Waals surface area (Å²) in [5.41, 5.74) is 3.02. The predicted molar refractivity (Wildman–Crippen MR) is 102 cm³/mol. The molecule has 24 heavy (non-hydrogen) atoms. The van der Waals surface area contributed by atoms with Crippen LogP contribution in [-0.2, 0) is 11.2 Å². The van der Waals surface area contributed by atoms with Gasteiger partial charge in [-0.2, -0.15) is 9.90 Å². The monoisotopic (exact) mass is 348 g/mol. The zero-order chi connectivity index (χ0) is 17.1. The van der Waals surface area contributed by atoms with Crippen LogP contribution in [0.2, 0.25) is 0 Å². The largest absolute Gasteiger partial charge is 0.496 e. The van der Waals surface area contributed by atoms with E-state index in [4.69, 9.17) is 14.3 Å². The normalized spacial score (nSPS) is 8.96. The van der Waals surface area contributed by atoms with E-state index in [1.54, 1.807) is 25.3 Å². The molecule has 1 atom stereocenters. The molecule has 5 heteroatoms. The smallest absolute Gasteiger partial charge is 0.153 e. The van der Waals surface area contributed by atoms with Crippen LogP contribution in [-0.4, -0.2) is 26.3 Å². The van der Waals surface area contributed by atoms with E-state index in [2.05, 4.69) is 31.2 Å². The van der Waals surface area contributed by atoms with Gasteiger partial charge in [-0.3, -0.25) is 4.79 Å². The Morgan fingerprint density at radius 2 is 1.67 bits per heavy atom. The number of benzene rings is 2. The molecular formula is C19H25O4P. The summed E-state index contributed by atoms with van der Waals surface area (Å²) in [7, 11) is 1.54. The van der Waals surface area contributed by atoms with Crippen molar-refractivity contribution in [3.05, 3.63) is 59.2 Å². The number of hydrogen-bond acceptors (Lipinski definition) is 4. The van der Waals surface area contributed by atoms with Gasteiger partial charge in [-0.05, 0) is 31.5 Å². The third-order valence-corrected chi connectivity index (χ3v) is 3.11. The molecule has 1 unspecified atom stereocenters. The highest BCUT2D eigenvalue weighted by atomic mass is 31.0. The highest BCUT2D eigenvalue weighted by molar-refractivity contribution is 6.92. The van der Waals surface area contributed by atoms with Crippen molar-refractivity contribution >= 4 is 22.5 Å². The fourth-order valence-electron chi connectivity index (χ4n) is 1.92. The summed E-state index contributed by atoms with van der Waals surface area (Å²) in [5.74, 6) is 1.24. The second-order valence-electron chi connectivity index (χ2n) is 4.84. The number of carbonyl (C=O) groups is 2. The van der Waals surface area contributed by atoms with Crippen molar-refractivity contribution in [1.29, 1.82) is 0 Å². The van der Waals surface area contributed by atoms with Crippen LogP contribution in [0.25, 0.3) is 0 Å². The Bertz CT molecular complexity index is 624. The number of aryl methyl sites for hydroxylation is 1. The second-order valence-corrected chi connectivity index (χ2v) is 4.84. The van der Waals surface area contributed by atoms with E-state index in [0.717, 1.165) is 19.0 Å². The fraction of sp³-hybridized carbons (Fsp3) is 0.263. The molecule has 0 saturated heterocycles. The Morgan fingerprint density at radius 3 is 2.21 bits per heavy atom. The van der Waals surface area contributed by atoms with Gasteiger partial charge in [-0.25, -0.2) is 0 Å². The van der Waals surface area contributed by atoms with Gasteiger partial charge in [0.2, 0.25) is 0 Å². The predicted octanol–water partition coefficient (Wildman–Crippen LogP) is 3.70. The number of ether oxygens (including phenoxy) is 2. The van der Waals surface area contributed by atoms with Crippen LogP contribution >= 0.6 is 9.90 Å². The van der Waals surface area contributed by atoms with Gasteiger partial charge in [0.1, 0.15) is 17.8 Å². The molecule has 0 radical (unpaired) electrons. The van der Waals surface area contributed by atoms with Gasteiger partial charge < -0.3 is 14.3 Å². The lowest BCUT2D eigenvalue weighted by atomic mass is 10.1. The third kappa shape index (κ3) is 7.38. The molecule has 0 bridgehead atoms. The lowest BCUT2D eigenvalue weighted by molar-refractivity contribution is -0.106. The van der Waals surface area contributed by atoms with Crippen molar-refractivity contribution in [2.75, 3.05) is 13.7 Å². The Labute approximate surface area is 146 Å². The van der Waals surface area contributed by atoms with Gasteiger partial charge in [0.25, 0.3) is 0 Å². The maximum absolute atomic E-state index is 10.8. The van der Waals surface area contributed by atoms with E-state index in [1.165, 1.54) is 18.1 Å². The lowest BCUT2D eigenvalue weighted by Crippen LogP contribution is -2.02. The molecule has 0 spiro atoms. The summed E-state index contributed by atoms with van der Waals surface area (Å²) in [5, 5.41) is 0. The minimum Gasteiger partial charge on any atom is -0.496 e. The van der Waals surface area contributed by atoms with Crippen molar-refractivity contribution in [2.45, 2.75) is 20.3 Å². The highest BCUT2D eigenvalue weighted by Crippen LogP contribution is 2.23. The van der Waals surface area contributed by atoms with Crippen LogP contribution in [0.15, 0.2) is 42.5 Å². The van der Waals surface area contributed by atoms with Gasteiger partial charge >= 0.3 is 0 Å². The van der Waals surface area contributed by atoms with Crippen LogP contribution in [0, 0.1) is 6.92 Å². The number of methoxy groups -OCH3 is 1. The Kier molecular flexibility index (Phi) is 11.1. The quantitative estimate of drug-likeness (QED) is 0.590. The van der Waals surface area contributed by atoms with E-state index in [-0.39, 0.29) is 9.90 Å². The molecule has 0 amide bonds. The average molecular weight is 348 g/mol. The molecule has 0 N–H and O–H groups in total. The molecule has 4 nitrogen and oxygen atoms in total. The maximum Gasteiger partial charge on any atom is 0.153 e. The zero-order valence-corrected chi connectivity index (χ0v) is 15.9. The van der Waals surface area contributed by atoms with E-state index < -0.39 is 0 Å². The van der Waals surface area contributed by atoms with Crippen molar-refractivity contribution in [1.82, 2.24) is 0 Å². The van der Waals surface area contributed by atoms with Crippen LogP contribution in [0.4, 0.5) is 0 Å². The van der Waals surface area contributed by atoms with Crippen molar-refractivity contribution in [2.24, 2.45) is 0 Å². The van der Waals surface area contributed by atoms with Crippen molar-refractivity contribution < 1.29 is 19.1 Å². The lowest BCUT2D eigenvalue weighted by Gasteiger charge is -2.09. The van der Waals surface area contributed by atoms with Crippen molar-refractivity contribution in [3.8, 4) is 11.5 Å². The van der Waals surface area contributed by atoms with Crippen LogP contribution < -0.4 is 9.47 Å². The van der Waals surface area contributed by atoms with Gasteiger partial charge in [-0.15, -0.1) is 0 Å². The molecule has 0 aliphatic carbocycles. The van der Waals surface area contributed by atoms with E-state index in [0.29, 0.717) is 23.7 Å². The molecule has 0 fully saturated rings. The van der Waals surface area contributed by atoms with Gasteiger partial charge in [-0.1, -0.05) is 29.8 Å². The average Bonchev–Trinajstić information content (AvgIpc) is 2.57. The molecule has 130 valence electrons. The molecule has 0 saturated carbocycles. The third-order valence-electron chi connectivity index (χ3n) is 3.11. The first-order chi connectivity index (χ1) is 11.1. The van der Waals surface area contributed by atoms with Gasteiger partial charge in [0.15, 0.2) is 6.29 Å². The SMILES string of the molecule is CC=O.COc1cc(OCCc2ccc(C)cc2)ccc1C=O.P. The summed E-state index contributed by atoms with van der Waals surface area (Å²) in [6.45, 7) is 4.10. The number of carbonyl (C=O) groups excluding carboxylic acids is 2. The van der Waals surface area contributed by atoms with Gasteiger partial charge in [0.05, 0.1) is 19.3 Å². The first-order valence-corrected chi connectivity index (χ1v) is 7.36. The maximum atomic E-state index is 10.8. The molecule has 2 rings (SSSR count). The number of aldehydes is 2. The Hall–Kier alpha value is -2.19. The molecule has 2 aromatic carbocycles. The molecular weight excluding hydrogens is 323 g/mol. The Balaban J connectivity index is 0.00000123. The molecule has 0 aliphatic rings. The first-order valence-electron chi connectivity index (χ1n) is 7.36. The highest BCUT2D eigenvalue weighted by Gasteiger charge is 2.04. The molecule has 2 aromatic rings. The summed E-state index contributed by atoms with van der Waals surface area (Å²) < 4.78 is 10.8. The van der Waals surface area contributed by atoms with Gasteiger partial charge in [0, 0.05) is 12.5 Å². The zero-order valence-electron chi connectivity index (χ0n) is 14.5. The second kappa shape index (κ2) is 12.3. The summed E-state index contributed by atoms with van der Waals surface area (Å²) in [6.07, 6.45) is 2.37. The van der Waals surface area contributed by atoms with Crippen LogP contribution in [0.5, 0.6) is 11.5 Å². The van der Waals surface area contributed by atoms with Crippen molar-refractivity contribution in [3.63, 3.8) is 0 Å². The van der Waals surface area contributed by atoms with Crippen LogP contribution in [0.1, 0.15) is 28.4 Å². The molecule has 0 heterocycles. The van der Waals surface area contributed by atoms with Crippen LogP contribution in [0.3, 0.4) is 0 Å². The minimum absolute atomic E-state index is 0. The number of hydrogen-bond donors (Lipinski definition) is 0. The molecule has 0 aromatic heterocycles.